The lowest BCUT2D eigenvalue weighted by molar-refractivity contribution is 0.710. The van der Waals surface area contributed by atoms with Crippen molar-refractivity contribution in [3.63, 3.8) is 0 Å². The second-order valence-electron chi connectivity index (χ2n) is 3.09. The zero-order valence-corrected chi connectivity index (χ0v) is 8.88. The van der Waals surface area contributed by atoms with Gasteiger partial charge in [0.15, 0.2) is 5.65 Å². The average Bonchev–Trinajstić information content (AvgIpc) is 2.54. The van der Waals surface area contributed by atoms with Crippen molar-refractivity contribution in [1.82, 2.24) is 14.1 Å². The number of hydrogen-bond donors (Lipinski definition) is 0. The summed E-state index contributed by atoms with van der Waals surface area (Å²) in [6, 6.07) is 0. The molecule has 2 heterocycles. The Hall–Kier alpha value is -1.43. The molecule has 2 rings (SSSR count). The number of aryl methyl sites for hydroxylation is 2. The molecular formula is C8H9N3O2S. The van der Waals surface area contributed by atoms with Gasteiger partial charge in [-0.15, -0.1) is 11.3 Å². The summed E-state index contributed by atoms with van der Waals surface area (Å²) in [6.07, 6.45) is 0. The molecule has 0 bridgehead atoms. The van der Waals surface area contributed by atoms with E-state index in [1.165, 1.54) is 23.0 Å². The monoisotopic (exact) mass is 211 g/mol. The fraction of sp³-hybridized carbons (Fsp3) is 0.375. The summed E-state index contributed by atoms with van der Waals surface area (Å²) in [5, 5.41) is 0.790. The Labute approximate surface area is 83.3 Å². The third-order valence-corrected chi connectivity index (χ3v) is 3.05. The lowest BCUT2D eigenvalue weighted by Crippen LogP contribution is -2.36. The molecule has 5 nitrogen and oxygen atoms in total. The molecule has 2 aromatic heterocycles. The summed E-state index contributed by atoms with van der Waals surface area (Å²) in [4.78, 5) is 27.3. The first kappa shape index (κ1) is 9.14. The minimum absolute atomic E-state index is 0.270. The van der Waals surface area contributed by atoms with Crippen LogP contribution in [0, 0.1) is 6.92 Å². The number of nitrogens with zero attached hydrogens (tertiary/aromatic N) is 3. The van der Waals surface area contributed by atoms with E-state index in [1.54, 1.807) is 7.05 Å². The Morgan fingerprint density at radius 3 is 2.50 bits per heavy atom. The number of thiazole rings is 1. The van der Waals surface area contributed by atoms with Crippen molar-refractivity contribution >= 4 is 21.7 Å². The summed E-state index contributed by atoms with van der Waals surface area (Å²) >= 11 is 1.31. The van der Waals surface area contributed by atoms with Gasteiger partial charge in [0, 0.05) is 14.1 Å². The van der Waals surface area contributed by atoms with E-state index >= 15 is 0 Å². The molecule has 14 heavy (non-hydrogen) atoms. The van der Waals surface area contributed by atoms with E-state index < -0.39 is 0 Å². The highest BCUT2D eigenvalue weighted by atomic mass is 32.1. The molecule has 0 N–H and O–H groups in total. The normalized spacial score (nSPS) is 11.1. The van der Waals surface area contributed by atoms with Crippen molar-refractivity contribution in [3.8, 4) is 0 Å². The molecule has 0 radical (unpaired) electrons. The zero-order valence-electron chi connectivity index (χ0n) is 8.07. The van der Waals surface area contributed by atoms with Crippen LogP contribution >= 0.6 is 11.3 Å². The van der Waals surface area contributed by atoms with Crippen LogP contribution < -0.4 is 11.2 Å². The highest BCUT2D eigenvalue weighted by Crippen LogP contribution is 2.15. The third kappa shape index (κ3) is 1.04. The van der Waals surface area contributed by atoms with Gasteiger partial charge in [-0.2, -0.15) is 0 Å². The van der Waals surface area contributed by atoms with Crippen LogP contribution in [0.1, 0.15) is 5.01 Å². The Bertz CT molecular complexity index is 620. The largest absolute Gasteiger partial charge is 0.332 e. The molecular weight excluding hydrogens is 202 g/mol. The molecule has 0 amide bonds. The van der Waals surface area contributed by atoms with Gasteiger partial charge in [-0.1, -0.05) is 0 Å². The minimum atomic E-state index is -0.340. The van der Waals surface area contributed by atoms with E-state index in [0.717, 1.165) is 9.57 Å². The Morgan fingerprint density at radius 2 is 1.86 bits per heavy atom. The molecule has 0 aliphatic carbocycles. The smallest absolute Gasteiger partial charge is 0.280 e. The Kier molecular flexibility index (Phi) is 1.81. The summed E-state index contributed by atoms with van der Waals surface area (Å²) in [5.41, 5.74) is -0.137. The molecule has 6 heteroatoms. The summed E-state index contributed by atoms with van der Waals surface area (Å²) in [7, 11) is 3.09. The van der Waals surface area contributed by atoms with Crippen molar-refractivity contribution in [3.05, 3.63) is 25.8 Å². The second kappa shape index (κ2) is 2.78. The molecule has 0 aliphatic heterocycles. The molecule has 0 atom stereocenters. The third-order valence-electron chi connectivity index (χ3n) is 2.11. The molecule has 0 saturated heterocycles. The average molecular weight is 211 g/mol. The van der Waals surface area contributed by atoms with Crippen molar-refractivity contribution in [1.29, 1.82) is 0 Å². The molecule has 74 valence electrons. The van der Waals surface area contributed by atoms with Gasteiger partial charge in [0.2, 0.25) is 0 Å². The van der Waals surface area contributed by atoms with E-state index in [9.17, 15) is 9.59 Å². The fourth-order valence-corrected chi connectivity index (χ4v) is 2.26. The summed E-state index contributed by atoms with van der Waals surface area (Å²) < 4.78 is 3.02. The van der Waals surface area contributed by atoms with Crippen LogP contribution in [0.15, 0.2) is 9.59 Å². The maximum atomic E-state index is 11.6. The molecule has 0 aromatic carbocycles. The predicted molar refractivity (Wildman–Crippen MR) is 54.8 cm³/mol. The van der Waals surface area contributed by atoms with Crippen LogP contribution in [0.2, 0.25) is 0 Å². The highest BCUT2D eigenvalue weighted by Gasteiger charge is 2.11. The van der Waals surface area contributed by atoms with Crippen LogP contribution in [-0.2, 0) is 14.1 Å². The van der Waals surface area contributed by atoms with Crippen molar-refractivity contribution in [2.45, 2.75) is 6.92 Å². The number of aromatic nitrogens is 3. The van der Waals surface area contributed by atoms with Crippen molar-refractivity contribution in [2.75, 3.05) is 0 Å². The topological polar surface area (TPSA) is 56.9 Å². The lowest BCUT2D eigenvalue weighted by atomic mass is 10.5. The van der Waals surface area contributed by atoms with E-state index in [4.69, 9.17) is 0 Å². The maximum Gasteiger partial charge on any atom is 0.332 e. The van der Waals surface area contributed by atoms with Crippen LogP contribution in [0.3, 0.4) is 0 Å². The van der Waals surface area contributed by atoms with Crippen molar-refractivity contribution in [2.24, 2.45) is 14.1 Å². The zero-order chi connectivity index (χ0) is 10.5. The number of rotatable bonds is 0. The van der Waals surface area contributed by atoms with Gasteiger partial charge >= 0.3 is 5.69 Å². The Morgan fingerprint density at radius 1 is 1.21 bits per heavy atom. The van der Waals surface area contributed by atoms with Gasteiger partial charge in [-0.25, -0.2) is 9.78 Å². The van der Waals surface area contributed by atoms with Crippen LogP contribution in [0.5, 0.6) is 0 Å². The first-order valence-electron chi connectivity index (χ1n) is 4.05. The quantitative estimate of drug-likeness (QED) is 0.616. The fourth-order valence-electron chi connectivity index (χ4n) is 1.34. The summed E-state index contributed by atoms with van der Waals surface area (Å²) in [6.45, 7) is 1.81. The van der Waals surface area contributed by atoms with Crippen molar-refractivity contribution < 1.29 is 0 Å². The molecule has 0 aliphatic rings. The highest BCUT2D eigenvalue weighted by molar-refractivity contribution is 7.18. The van der Waals surface area contributed by atoms with Gasteiger partial charge < -0.3 is 0 Å². The molecule has 0 fully saturated rings. The molecule has 0 unspecified atom stereocenters. The van der Waals surface area contributed by atoms with E-state index in [0.29, 0.717) is 10.3 Å². The first-order valence-corrected chi connectivity index (χ1v) is 4.87. The standard InChI is InChI=1S/C8H9N3O2S/c1-4-9-6-5(14-4)7(12)11(3)8(13)10(6)2/h1-3H3. The minimum Gasteiger partial charge on any atom is -0.280 e. The lowest BCUT2D eigenvalue weighted by Gasteiger charge is -2.00. The first-order chi connectivity index (χ1) is 6.52. The van der Waals surface area contributed by atoms with E-state index in [-0.39, 0.29) is 11.2 Å². The number of hydrogen-bond acceptors (Lipinski definition) is 4. The molecule has 0 spiro atoms. The molecule has 2 aromatic rings. The van der Waals surface area contributed by atoms with Gasteiger partial charge in [0.05, 0.1) is 5.01 Å². The van der Waals surface area contributed by atoms with Gasteiger partial charge in [-0.05, 0) is 6.92 Å². The maximum absolute atomic E-state index is 11.6. The van der Waals surface area contributed by atoms with Crippen LogP contribution in [0.4, 0.5) is 0 Å². The summed E-state index contributed by atoms with van der Waals surface area (Å²) in [5.74, 6) is 0. The molecule has 0 saturated carbocycles. The van der Waals surface area contributed by atoms with Crippen LogP contribution in [-0.4, -0.2) is 14.1 Å². The van der Waals surface area contributed by atoms with Gasteiger partial charge in [-0.3, -0.25) is 13.9 Å². The van der Waals surface area contributed by atoms with Gasteiger partial charge in [0.1, 0.15) is 4.70 Å². The SMILES string of the molecule is Cc1nc2c(s1)c(=O)n(C)c(=O)n2C. The van der Waals surface area contributed by atoms with E-state index in [1.807, 2.05) is 6.92 Å². The predicted octanol–water partition coefficient (Wildman–Crippen LogP) is 0.00212. The Balaban J connectivity index is 3.17. The second-order valence-corrected chi connectivity index (χ2v) is 4.29. The van der Waals surface area contributed by atoms with E-state index in [2.05, 4.69) is 4.98 Å². The number of fused-ring (bicyclic) bond motifs is 1. The van der Waals surface area contributed by atoms with Gasteiger partial charge in [0.25, 0.3) is 5.56 Å². The van der Waals surface area contributed by atoms with Crippen LogP contribution in [0.25, 0.3) is 10.3 Å².